The molecule has 0 spiro atoms. The molecule has 134 valence electrons. The van der Waals surface area contributed by atoms with E-state index in [0.29, 0.717) is 0 Å². The molecular formula is C19H27N5S. The molecule has 1 saturated heterocycles. The molecule has 0 radical (unpaired) electrons. The van der Waals surface area contributed by atoms with Crippen molar-refractivity contribution in [1.82, 2.24) is 19.6 Å². The van der Waals surface area contributed by atoms with Crippen molar-refractivity contribution in [1.29, 1.82) is 0 Å². The summed E-state index contributed by atoms with van der Waals surface area (Å²) < 4.78 is 1.89. The van der Waals surface area contributed by atoms with Gasteiger partial charge in [0.05, 0.1) is 5.69 Å². The van der Waals surface area contributed by atoms with Crippen LogP contribution < -0.4 is 5.32 Å². The van der Waals surface area contributed by atoms with Crippen LogP contribution in [-0.4, -0.2) is 50.9 Å². The number of piperazine rings is 1. The van der Waals surface area contributed by atoms with Gasteiger partial charge in [-0.15, -0.1) is 0 Å². The lowest BCUT2D eigenvalue weighted by molar-refractivity contribution is 0.176. The lowest BCUT2D eigenvalue weighted by atomic mass is 10.1. The minimum Gasteiger partial charge on any atom is -0.346 e. The molecule has 25 heavy (non-hydrogen) atoms. The highest BCUT2D eigenvalue weighted by molar-refractivity contribution is 7.80. The quantitative estimate of drug-likeness (QED) is 0.855. The van der Waals surface area contributed by atoms with Gasteiger partial charge in [0.15, 0.2) is 5.11 Å². The Morgan fingerprint density at radius 2 is 1.72 bits per heavy atom. The van der Waals surface area contributed by atoms with Crippen molar-refractivity contribution in [2.24, 2.45) is 7.05 Å². The van der Waals surface area contributed by atoms with E-state index in [4.69, 9.17) is 12.2 Å². The first-order chi connectivity index (χ1) is 11.9. The maximum Gasteiger partial charge on any atom is 0.173 e. The highest BCUT2D eigenvalue weighted by atomic mass is 32.1. The zero-order valence-electron chi connectivity index (χ0n) is 15.5. The Morgan fingerprint density at radius 1 is 1.08 bits per heavy atom. The van der Waals surface area contributed by atoms with Crippen molar-refractivity contribution in [2.45, 2.75) is 27.3 Å². The summed E-state index contributed by atoms with van der Waals surface area (Å²) in [6, 6.07) is 6.45. The third-order valence-corrected chi connectivity index (χ3v) is 5.00. The Balaban J connectivity index is 1.53. The van der Waals surface area contributed by atoms with E-state index in [-0.39, 0.29) is 0 Å². The summed E-state index contributed by atoms with van der Waals surface area (Å²) in [6.45, 7) is 11.2. The summed E-state index contributed by atoms with van der Waals surface area (Å²) in [5.41, 5.74) is 6.02. The molecule has 5 nitrogen and oxygen atoms in total. The summed E-state index contributed by atoms with van der Waals surface area (Å²) in [4.78, 5) is 4.74. The number of anilines is 1. The van der Waals surface area contributed by atoms with Crippen molar-refractivity contribution in [3.05, 3.63) is 46.8 Å². The lowest BCUT2D eigenvalue weighted by Gasteiger charge is -2.36. The number of hydrogen-bond acceptors (Lipinski definition) is 3. The molecule has 1 N–H and O–H groups in total. The standard InChI is InChI=1S/C19H27N5S/c1-14-9-15(2)11-18(10-14)20-19(25)24-7-5-23(6-8-24)13-17-12-22(4)21-16(17)3/h9-12H,5-8,13H2,1-4H3,(H,20,25). The molecule has 1 aliphatic rings. The lowest BCUT2D eigenvalue weighted by Crippen LogP contribution is -2.49. The number of benzene rings is 1. The summed E-state index contributed by atoms with van der Waals surface area (Å²) in [5.74, 6) is 0. The van der Waals surface area contributed by atoms with Gasteiger partial charge in [0.1, 0.15) is 0 Å². The minimum atomic E-state index is 0.821. The van der Waals surface area contributed by atoms with E-state index in [9.17, 15) is 0 Å². The van der Waals surface area contributed by atoms with E-state index in [1.165, 1.54) is 16.7 Å². The molecule has 0 unspecified atom stereocenters. The Kier molecular flexibility index (Phi) is 5.39. The van der Waals surface area contributed by atoms with Crippen molar-refractivity contribution in [3.8, 4) is 0 Å². The second kappa shape index (κ2) is 7.54. The summed E-state index contributed by atoms with van der Waals surface area (Å²) in [5, 5.41) is 8.65. The summed E-state index contributed by atoms with van der Waals surface area (Å²) in [6.07, 6.45) is 2.12. The van der Waals surface area contributed by atoms with Gasteiger partial charge < -0.3 is 10.2 Å². The van der Waals surface area contributed by atoms with Crippen LogP contribution in [0.1, 0.15) is 22.4 Å². The third kappa shape index (κ3) is 4.58. The van der Waals surface area contributed by atoms with Gasteiger partial charge in [-0.25, -0.2) is 0 Å². The van der Waals surface area contributed by atoms with Crippen LogP contribution in [0.25, 0.3) is 0 Å². The number of hydrogen-bond donors (Lipinski definition) is 1. The molecule has 0 atom stereocenters. The van der Waals surface area contributed by atoms with Gasteiger partial charge in [0.2, 0.25) is 0 Å². The van der Waals surface area contributed by atoms with Gasteiger partial charge in [-0.3, -0.25) is 9.58 Å². The van der Waals surface area contributed by atoms with Gasteiger partial charge in [-0.1, -0.05) is 6.07 Å². The average molecular weight is 358 g/mol. The molecule has 0 saturated carbocycles. The van der Waals surface area contributed by atoms with Crippen LogP contribution in [0, 0.1) is 20.8 Å². The predicted octanol–water partition coefficient (Wildman–Crippen LogP) is 2.86. The fourth-order valence-electron chi connectivity index (χ4n) is 3.40. The molecule has 1 fully saturated rings. The smallest absolute Gasteiger partial charge is 0.173 e. The largest absolute Gasteiger partial charge is 0.346 e. The topological polar surface area (TPSA) is 36.3 Å². The molecule has 1 aromatic carbocycles. The normalized spacial score (nSPS) is 15.4. The molecular weight excluding hydrogens is 330 g/mol. The molecule has 3 rings (SSSR count). The van der Waals surface area contributed by atoms with Crippen molar-refractivity contribution in [3.63, 3.8) is 0 Å². The van der Waals surface area contributed by atoms with Crippen LogP contribution >= 0.6 is 12.2 Å². The first-order valence-electron chi connectivity index (χ1n) is 8.76. The zero-order chi connectivity index (χ0) is 18.0. The Morgan fingerprint density at radius 3 is 2.28 bits per heavy atom. The maximum atomic E-state index is 5.62. The van der Waals surface area contributed by atoms with Crippen molar-refractivity contribution >= 4 is 23.0 Å². The first-order valence-corrected chi connectivity index (χ1v) is 9.17. The monoisotopic (exact) mass is 357 g/mol. The minimum absolute atomic E-state index is 0.821. The second-order valence-electron chi connectivity index (χ2n) is 6.98. The molecule has 2 aromatic rings. The van der Waals surface area contributed by atoms with Gasteiger partial charge >= 0.3 is 0 Å². The van der Waals surface area contributed by atoms with E-state index < -0.39 is 0 Å². The number of nitrogens with zero attached hydrogens (tertiary/aromatic N) is 4. The van der Waals surface area contributed by atoms with Crippen LogP contribution in [0.5, 0.6) is 0 Å². The zero-order valence-corrected chi connectivity index (χ0v) is 16.4. The number of aromatic nitrogens is 2. The summed E-state index contributed by atoms with van der Waals surface area (Å²) >= 11 is 5.62. The molecule has 0 aliphatic carbocycles. The van der Waals surface area contributed by atoms with Crippen molar-refractivity contribution < 1.29 is 0 Å². The van der Waals surface area contributed by atoms with E-state index in [1.54, 1.807) is 0 Å². The van der Waals surface area contributed by atoms with E-state index in [0.717, 1.165) is 49.2 Å². The Hall–Kier alpha value is -1.92. The SMILES string of the molecule is Cc1cc(C)cc(NC(=S)N2CCN(Cc3cn(C)nc3C)CC2)c1. The second-order valence-corrected chi connectivity index (χ2v) is 7.37. The van der Waals surface area contributed by atoms with Crippen LogP contribution in [0.3, 0.4) is 0 Å². The first kappa shape index (κ1) is 17.9. The van der Waals surface area contributed by atoms with Crippen LogP contribution in [-0.2, 0) is 13.6 Å². The predicted molar refractivity (Wildman–Crippen MR) is 107 cm³/mol. The van der Waals surface area contributed by atoms with Gasteiger partial charge in [-0.2, -0.15) is 5.10 Å². The average Bonchev–Trinajstić information content (AvgIpc) is 2.84. The Labute approximate surface area is 155 Å². The van der Waals surface area contributed by atoms with Crippen LogP contribution in [0.2, 0.25) is 0 Å². The van der Waals surface area contributed by atoms with E-state index in [2.05, 4.69) is 65.4 Å². The van der Waals surface area contributed by atoms with Crippen LogP contribution in [0.4, 0.5) is 5.69 Å². The van der Waals surface area contributed by atoms with Gasteiger partial charge in [0.25, 0.3) is 0 Å². The van der Waals surface area contributed by atoms with Gasteiger partial charge in [0, 0.05) is 57.2 Å². The highest BCUT2D eigenvalue weighted by Crippen LogP contribution is 2.16. The molecule has 1 aliphatic heterocycles. The van der Waals surface area contributed by atoms with Gasteiger partial charge in [-0.05, 0) is 56.2 Å². The number of rotatable bonds is 3. The molecule has 0 bridgehead atoms. The highest BCUT2D eigenvalue weighted by Gasteiger charge is 2.20. The molecule has 2 heterocycles. The molecule has 6 heteroatoms. The van der Waals surface area contributed by atoms with E-state index >= 15 is 0 Å². The fraction of sp³-hybridized carbons (Fsp3) is 0.474. The van der Waals surface area contributed by atoms with Crippen molar-refractivity contribution in [2.75, 3.05) is 31.5 Å². The summed E-state index contributed by atoms with van der Waals surface area (Å²) in [7, 11) is 1.98. The number of aryl methyl sites for hydroxylation is 4. The molecule has 0 amide bonds. The number of nitrogens with one attached hydrogen (secondary N) is 1. The Bertz CT molecular complexity index is 739. The van der Waals surface area contributed by atoms with E-state index in [1.807, 2.05) is 11.7 Å². The van der Waals surface area contributed by atoms with Crippen LogP contribution in [0.15, 0.2) is 24.4 Å². The fourth-order valence-corrected chi connectivity index (χ4v) is 3.70. The maximum absolute atomic E-state index is 5.62. The molecule has 1 aromatic heterocycles. The number of thiocarbonyl (C=S) groups is 1. The third-order valence-electron chi connectivity index (χ3n) is 4.64.